The van der Waals surface area contributed by atoms with Gasteiger partial charge in [0.1, 0.15) is 12.4 Å². The first kappa shape index (κ1) is 12.9. The molecule has 0 aromatic heterocycles. The monoisotopic (exact) mass is 297 g/mol. The first-order valence-corrected chi connectivity index (χ1v) is 7.18. The van der Waals surface area contributed by atoms with E-state index in [9.17, 15) is 0 Å². The highest BCUT2D eigenvalue weighted by molar-refractivity contribution is 9.10. The van der Waals surface area contributed by atoms with Crippen LogP contribution in [0.15, 0.2) is 28.7 Å². The van der Waals surface area contributed by atoms with E-state index < -0.39 is 0 Å². The van der Waals surface area contributed by atoms with Crippen LogP contribution < -0.4 is 4.74 Å². The van der Waals surface area contributed by atoms with E-state index in [4.69, 9.17) is 4.74 Å². The molecule has 0 amide bonds. The lowest BCUT2D eigenvalue weighted by molar-refractivity contribution is 0.210. The predicted molar refractivity (Wildman–Crippen MR) is 74.5 cm³/mol. The fraction of sp³-hybridized carbons (Fsp3) is 0.571. The molecule has 2 rings (SSSR count). The van der Waals surface area contributed by atoms with Crippen LogP contribution in [0.5, 0.6) is 5.75 Å². The number of rotatable bonds is 7. The molecule has 0 aliphatic heterocycles. The van der Waals surface area contributed by atoms with Gasteiger partial charge >= 0.3 is 0 Å². The van der Waals surface area contributed by atoms with Crippen molar-refractivity contribution in [3.05, 3.63) is 28.7 Å². The Bertz CT molecular complexity index is 335. The molecule has 2 nitrogen and oxygen atoms in total. The highest BCUT2D eigenvalue weighted by Gasteiger charge is 2.23. The Morgan fingerprint density at radius 1 is 1.29 bits per heavy atom. The predicted octanol–water partition coefficient (Wildman–Crippen LogP) is 3.56. The van der Waals surface area contributed by atoms with Crippen molar-refractivity contribution in [1.82, 2.24) is 4.90 Å². The highest BCUT2D eigenvalue weighted by Crippen LogP contribution is 2.29. The van der Waals surface area contributed by atoms with Crippen molar-refractivity contribution < 1.29 is 4.74 Å². The van der Waals surface area contributed by atoms with Gasteiger partial charge in [0.15, 0.2) is 0 Å². The molecule has 17 heavy (non-hydrogen) atoms. The summed E-state index contributed by atoms with van der Waals surface area (Å²) in [5.41, 5.74) is 0. The SMILES string of the molecule is CCN(CCOc1ccc(Br)cc1)CC1CC1. The third kappa shape index (κ3) is 4.68. The molecular weight excluding hydrogens is 278 g/mol. The minimum atomic E-state index is 0.780. The fourth-order valence-electron chi connectivity index (χ4n) is 1.87. The summed E-state index contributed by atoms with van der Waals surface area (Å²) < 4.78 is 6.82. The van der Waals surface area contributed by atoms with Crippen molar-refractivity contribution in [1.29, 1.82) is 0 Å². The van der Waals surface area contributed by atoms with Gasteiger partial charge in [-0.25, -0.2) is 0 Å². The number of halogens is 1. The Morgan fingerprint density at radius 2 is 2.00 bits per heavy atom. The van der Waals surface area contributed by atoms with Crippen LogP contribution in [0.1, 0.15) is 19.8 Å². The topological polar surface area (TPSA) is 12.5 Å². The average Bonchev–Trinajstić information content (AvgIpc) is 3.14. The van der Waals surface area contributed by atoms with Crippen LogP contribution in [-0.4, -0.2) is 31.1 Å². The molecule has 1 aliphatic rings. The van der Waals surface area contributed by atoms with E-state index in [0.29, 0.717) is 0 Å². The van der Waals surface area contributed by atoms with E-state index in [1.54, 1.807) is 0 Å². The molecule has 0 radical (unpaired) electrons. The summed E-state index contributed by atoms with van der Waals surface area (Å²) in [6.07, 6.45) is 2.84. The Labute approximate surface area is 112 Å². The molecule has 0 spiro atoms. The molecule has 0 N–H and O–H groups in total. The Kier molecular flexibility index (Phi) is 4.86. The van der Waals surface area contributed by atoms with Gasteiger partial charge in [0.2, 0.25) is 0 Å². The minimum Gasteiger partial charge on any atom is -0.492 e. The lowest BCUT2D eigenvalue weighted by Gasteiger charge is -2.20. The zero-order chi connectivity index (χ0) is 12.1. The molecular formula is C14H20BrNO. The van der Waals surface area contributed by atoms with Crippen molar-refractivity contribution >= 4 is 15.9 Å². The van der Waals surface area contributed by atoms with Crippen LogP contribution in [0.4, 0.5) is 0 Å². The van der Waals surface area contributed by atoms with Gasteiger partial charge in [0.05, 0.1) is 0 Å². The molecule has 1 saturated carbocycles. The van der Waals surface area contributed by atoms with Crippen LogP contribution in [0.3, 0.4) is 0 Å². The van der Waals surface area contributed by atoms with E-state index in [-0.39, 0.29) is 0 Å². The first-order chi connectivity index (χ1) is 8.28. The number of nitrogens with zero attached hydrogens (tertiary/aromatic N) is 1. The molecule has 94 valence electrons. The molecule has 0 saturated heterocycles. The van der Waals surface area contributed by atoms with Crippen molar-refractivity contribution in [2.75, 3.05) is 26.2 Å². The zero-order valence-corrected chi connectivity index (χ0v) is 11.9. The summed E-state index contributed by atoms with van der Waals surface area (Å²) in [7, 11) is 0. The van der Waals surface area contributed by atoms with Crippen LogP contribution in [0.2, 0.25) is 0 Å². The number of hydrogen-bond donors (Lipinski definition) is 0. The number of ether oxygens (including phenoxy) is 1. The summed E-state index contributed by atoms with van der Waals surface area (Å²) in [5.74, 6) is 1.92. The second kappa shape index (κ2) is 6.41. The fourth-order valence-corrected chi connectivity index (χ4v) is 2.13. The van der Waals surface area contributed by atoms with Gasteiger partial charge in [-0.1, -0.05) is 22.9 Å². The van der Waals surface area contributed by atoms with Crippen molar-refractivity contribution in [2.24, 2.45) is 5.92 Å². The molecule has 0 heterocycles. The first-order valence-electron chi connectivity index (χ1n) is 6.38. The van der Waals surface area contributed by atoms with Gasteiger partial charge in [-0.15, -0.1) is 0 Å². The van der Waals surface area contributed by atoms with Gasteiger partial charge in [-0.05, 0) is 49.6 Å². The number of hydrogen-bond acceptors (Lipinski definition) is 2. The van der Waals surface area contributed by atoms with E-state index in [0.717, 1.165) is 35.8 Å². The van der Waals surface area contributed by atoms with E-state index in [1.165, 1.54) is 19.4 Å². The van der Waals surface area contributed by atoms with Gasteiger partial charge in [0, 0.05) is 17.6 Å². The molecule has 0 atom stereocenters. The zero-order valence-electron chi connectivity index (χ0n) is 10.4. The highest BCUT2D eigenvalue weighted by atomic mass is 79.9. The minimum absolute atomic E-state index is 0.780. The average molecular weight is 298 g/mol. The third-order valence-corrected chi connectivity index (χ3v) is 3.68. The van der Waals surface area contributed by atoms with Crippen LogP contribution in [0, 0.1) is 5.92 Å². The third-order valence-electron chi connectivity index (χ3n) is 3.15. The van der Waals surface area contributed by atoms with Crippen LogP contribution in [-0.2, 0) is 0 Å². The molecule has 0 bridgehead atoms. The standard InChI is InChI=1S/C14H20BrNO/c1-2-16(11-12-3-4-12)9-10-17-14-7-5-13(15)6-8-14/h5-8,12H,2-4,9-11H2,1H3. The normalized spacial score (nSPS) is 15.2. The Hall–Kier alpha value is -0.540. The molecule has 1 aromatic rings. The maximum atomic E-state index is 5.73. The molecule has 1 fully saturated rings. The Balaban J connectivity index is 1.68. The Morgan fingerprint density at radius 3 is 2.59 bits per heavy atom. The summed E-state index contributed by atoms with van der Waals surface area (Å²) in [6.45, 7) is 6.41. The molecule has 1 aromatic carbocycles. The van der Waals surface area contributed by atoms with Crippen molar-refractivity contribution in [3.63, 3.8) is 0 Å². The van der Waals surface area contributed by atoms with Gasteiger partial charge in [-0.3, -0.25) is 4.90 Å². The summed E-state index contributed by atoms with van der Waals surface area (Å²) >= 11 is 3.42. The summed E-state index contributed by atoms with van der Waals surface area (Å²) in [6, 6.07) is 8.02. The largest absolute Gasteiger partial charge is 0.492 e. The van der Waals surface area contributed by atoms with Gasteiger partial charge in [0.25, 0.3) is 0 Å². The lowest BCUT2D eigenvalue weighted by Crippen LogP contribution is -2.30. The van der Waals surface area contributed by atoms with E-state index in [2.05, 4.69) is 27.8 Å². The summed E-state index contributed by atoms with van der Waals surface area (Å²) in [4.78, 5) is 2.48. The van der Waals surface area contributed by atoms with Crippen molar-refractivity contribution in [3.8, 4) is 5.75 Å². The molecule has 1 aliphatic carbocycles. The maximum absolute atomic E-state index is 5.73. The second-order valence-corrected chi connectivity index (χ2v) is 5.55. The number of likely N-dealkylation sites (N-methyl/N-ethyl adjacent to an activating group) is 1. The second-order valence-electron chi connectivity index (χ2n) is 4.64. The van der Waals surface area contributed by atoms with E-state index >= 15 is 0 Å². The summed E-state index contributed by atoms with van der Waals surface area (Å²) in [5, 5.41) is 0. The van der Waals surface area contributed by atoms with E-state index in [1.807, 2.05) is 24.3 Å². The van der Waals surface area contributed by atoms with Gasteiger partial charge in [-0.2, -0.15) is 0 Å². The quantitative estimate of drug-likeness (QED) is 0.763. The number of benzene rings is 1. The maximum Gasteiger partial charge on any atom is 0.119 e. The van der Waals surface area contributed by atoms with Gasteiger partial charge < -0.3 is 4.74 Å². The molecule has 0 unspecified atom stereocenters. The smallest absolute Gasteiger partial charge is 0.119 e. The van der Waals surface area contributed by atoms with Crippen LogP contribution in [0.25, 0.3) is 0 Å². The van der Waals surface area contributed by atoms with Crippen molar-refractivity contribution in [2.45, 2.75) is 19.8 Å². The molecule has 3 heteroatoms. The lowest BCUT2D eigenvalue weighted by atomic mass is 10.3. The van der Waals surface area contributed by atoms with Crippen LogP contribution >= 0.6 is 15.9 Å².